The molecular formula is C14H30N2O3. The maximum Gasteiger partial charge on any atom is 0.230 e. The van der Waals surface area contributed by atoms with E-state index in [0.29, 0.717) is 26.3 Å². The fraction of sp³-hybridized carbons (Fsp3) is 0.929. The molecule has 19 heavy (non-hydrogen) atoms. The molecule has 0 aliphatic carbocycles. The molecule has 0 unspecified atom stereocenters. The zero-order valence-electron chi connectivity index (χ0n) is 13.3. The summed E-state index contributed by atoms with van der Waals surface area (Å²) in [6.45, 7) is 9.97. The standard InChI is InChI=1S/C14H30N2O3/c1-13(2,14(3,4)15)12(17)16(9-11-19-6)8-7-10-18-5/h7-11,15H2,1-6H3. The first kappa shape index (κ1) is 18.4. The first-order chi connectivity index (χ1) is 8.68. The number of methoxy groups -OCH3 is 2. The molecule has 0 aromatic carbocycles. The van der Waals surface area contributed by atoms with Crippen LogP contribution in [-0.4, -0.2) is 56.9 Å². The van der Waals surface area contributed by atoms with Gasteiger partial charge in [-0.2, -0.15) is 0 Å². The summed E-state index contributed by atoms with van der Waals surface area (Å²) < 4.78 is 10.1. The smallest absolute Gasteiger partial charge is 0.230 e. The number of carbonyl (C=O) groups excluding carboxylic acids is 1. The largest absolute Gasteiger partial charge is 0.385 e. The van der Waals surface area contributed by atoms with Gasteiger partial charge < -0.3 is 20.1 Å². The van der Waals surface area contributed by atoms with Crippen LogP contribution in [0.3, 0.4) is 0 Å². The number of hydrogen-bond donors (Lipinski definition) is 1. The molecule has 0 spiro atoms. The van der Waals surface area contributed by atoms with E-state index >= 15 is 0 Å². The van der Waals surface area contributed by atoms with E-state index in [1.807, 2.05) is 32.6 Å². The number of nitrogens with two attached hydrogens (primary N) is 1. The summed E-state index contributed by atoms with van der Waals surface area (Å²) in [6.07, 6.45) is 0.813. The fourth-order valence-corrected chi connectivity index (χ4v) is 1.59. The van der Waals surface area contributed by atoms with Crippen LogP contribution in [0.1, 0.15) is 34.1 Å². The van der Waals surface area contributed by atoms with E-state index in [1.54, 1.807) is 14.2 Å². The van der Waals surface area contributed by atoms with Gasteiger partial charge in [0.1, 0.15) is 0 Å². The summed E-state index contributed by atoms with van der Waals surface area (Å²) in [6, 6.07) is 0. The molecule has 0 saturated heterocycles. The quantitative estimate of drug-likeness (QED) is 0.643. The number of hydrogen-bond acceptors (Lipinski definition) is 4. The second-order valence-electron chi connectivity index (χ2n) is 5.98. The van der Waals surface area contributed by atoms with Gasteiger partial charge in [-0.25, -0.2) is 0 Å². The third kappa shape index (κ3) is 5.47. The first-order valence-electron chi connectivity index (χ1n) is 6.74. The Morgan fingerprint density at radius 2 is 1.58 bits per heavy atom. The van der Waals surface area contributed by atoms with Crippen molar-refractivity contribution >= 4 is 5.91 Å². The minimum Gasteiger partial charge on any atom is -0.385 e. The van der Waals surface area contributed by atoms with E-state index < -0.39 is 11.0 Å². The Balaban J connectivity index is 4.78. The predicted octanol–water partition coefficient (Wildman–Crippen LogP) is 1.26. The van der Waals surface area contributed by atoms with Gasteiger partial charge in [0.15, 0.2) is 0 Å². The van der Waals surface area contributed by atoms with E-state index in [0.717, 1.165) is 6.42 Å². The van der Waals surface area contributed by atoms with Crippen LogP contribution in [0.15, 0.2) is 0 Å². The Bertz CT molecular complexity index is 272. The van der Waals surface area contributed by atoms with Crippen molar-refractivity contribution < 1.29 is 14.3 Å². The number of ether oxygens (including phenoxy) is 2. The maximum atomic E-state index is 12.7. The number of carbonyl (C=O) groups is 1. The molecular weight excluding hydrogens is 244 g/mol. The van der Waals surface area contributed by atoms with Gasteiger partial charge >= 0.3 is 0 Å². The molecule has 0 aliphatic rings. The van der Waals surface area contributed by atoms with Gasteiger partial charge in [0.2, 0.25) is 5.91 Å². The second kappa shape index (κ2) is 7.82. The van der Waals surface area contributed by atoms with Crippen molar-refractivity contribution in [2.45, 2.75) is 39.7 Å². The molecule has 0 aromatic heterocycles. The van der Waals surface area contributed by atoms with Crippen LogP contribution in [-0.2, 0) is 14.3 Å². The average molecular weight is 274 g/mol. The lowest BCUT2D eigenvalue weighted by Gasteiger charge is -2.40. The molecule has 0 fully saturated rings. The van der Waals surface area contributed by atoms with Gasteiger partial charge in [0, 0.05) is 39.5 Å². The van der Waals surface area contributed by atoms with Gasteiger partial charge in [0.25, 0.3) is 0 Å². The summed E-state index contributed by atoms with van der Waals surface area (Å²) >= 11 is 0. The number of rotatable bonds is 9. The second-order valence-corrected chi connectivity index (χ2v) is 5.98. The lowest BCUT2D eigenvalue weighted by atomic mass is 9.74. The van der Waals surface area contributed by atoms with Crippen molar-refractivity contribution in [2.24, 2.45) is 11.1 Å². The molecule has 0 aromatic rings. The van der Waals surface area contributed by atoms with E-state index in [4.69, 9.17) is 15.2 Å². The fourth-order valence-electron chi connectivity index (χ4n) is 1.59. The molecule has 0 bridgehead atoms. The molecule has 5 nitrogen and oxygen atoms in total. The molecule has 1 amide bonds. The van der Waals surface area contributed by atoms with Gasteiger partial charge in [-0.15, -0.1) is 0 Å². The highest BCUT2D eigenvalue weighted by Gasteiger charge is 2.42. The Hall–Kier alpha value is -0.650. The van der Waals surface area contributed by atoms with Crippen LogP contribution in [0.4, 0.5) is 0 Å². The van der Waals surface area contributed by atoms with Crippen molar-refractivity contribution in [3.05, 3.63) is 0 Å². The van der Waals surface area contributed by atoms with Crippen molar-refractivity contribution in [2.75, 3.05) is 40.5 Å². The third-order valence-corrected chi connectivity index (χ3v) is 3.77. The topological polar surface area (TPSA) is 64.8 Å². The zero-order valence-corrected chi connectivity index (χ0v) is 13.3. The highest BCUT2D eigenvalue weighted by molar-refractivity contribution is 5.83. The maximum absolute atomic E-state index is 12.7. The van der Waals surface area contributed by atoms with Gasteiger partial charge in [0.05, 0.1) is 12.0 Å². The summed E-state index contributed by atoms with van der Waals surface area (Å²) in [5.41, 5.74) is 4.94. The molecule has 2 N–H and O–H groups in total. The molecule has 114 valence electrons. The van der Waals surface area contributed by atoms with E-state index in [2.05, 4.69) is 0 Å². The normalized spacial score (nSPS) is 12.6. The summed E-state index contributed by atoms with van der Waals surface area (Å²) in [5.74, 6) is 0.0631. The molecule has 0 rings (SSSR count). The highest BCUT2D eigenvalue weighted by atomic mass is 16.5. The molecule has 0 atom stereocenters. The van der Waals surface area contributed by atoms with Gasteiger partial charge in [-0.1, -0.05) is 0 Å². The first-order valence-corrected chi connectivity index (χ1v) is 6.74. The van der Waals surface area contributed by atoms with Crippen LogP contribution in [0.25, 0.3) is 0 Å². The Kier molecular flexibility index (Phi) is 7.55. The zero-order chi connectivity index (χ0) is 15.1. The van der Waals surface area contributed by atoms with Crippen molar-refractivity contribution in [1.29, 1.82) is 0 Å². The monoisotopic (exact) mass is 274 g/mol. The van der Waals surface area contributed by atoms with Crippen molar-refractivity contribution in [3.63, 3.8) is 0 Å². The third-order valence-electron chi connectivity index (χ3n) is 3.77. The summed E-state index contributed by atoms with van der Waals surface area (Å²) in [4.78, 5) is 14.5. The molecule has 0 heterocycles. The average Bonchev–Trinajstić information content (AvgIpc) is 2.31. The lowest BCUT2D eigenvalue weighted by Crippen LogP contribution is -2.57. The van der Waals surface area contributed by atoms with Gasteiger partial charge in [-0.3, -0.25) is 4.79 Å². The Morgan fingerprint density at radius 3 is 2.00 bits per heavy atom. The molecule has 0 saturated carbocycles. The highest BCUT2D eigenvalue weighted by Crippen LogP contribution is 2.30. The van der Waals surface area contributed by atoms with Crippen LogP contribution in [0, 0.1) is 5.41 Å². The molecule has 5 heteroatoms. The Labute approximate surface area is 117 Å². The van der Waals surface area contributed by atoms with Crippen molar-refractivity contribution in [1.82, 2.24) is 4.90 Å². The summed E-state index contributed by atoms with van der Waals surface area (Å²) in [5, 5.41) is 0. The van der Waals surface area contributed by atoms with Crippen LogP contribution < -0.4 is 5.73 Å². The van der Waals surface area contributed by atoms with E-state index in [9.17, 15) is 4.79 Å². The van der Waals surface area contributed by atoms with Crippen LogP contribution >= 0.6 is 0 Å². The predicted molar refractivity (Wildman–Crippen MR) is 77.0 cm³/mol. The molecule has 0 radical (unpaired) electrons. The Morgan fingerprint density at radius 1 is 1.05 bits per heavy atom. The SMILES string of the molecule is COCCCN(CCOC)C(=O)C(C)(C)C(C)(C)N. The lowest BCUT2D eigenvalue weighted by molar-refractivity contribution is -0.144. The van der Waals surface area contributed by atoms with E-state index in [-0.39, 0.29) is 5.91 Å². The number of nitrogens with zero attached hydrogens (tertiary/aromatic N) is 1. The summed E-state index contributed by atoms with van der Waals surface area (Å²) in [7, 11) is 3.30. The van der Waals surface area contributed by atoms with Gasteiger partial charge in [-0.05, 0) is 34.1 Å². The number of amides is 1. The minimum atomic E-state index is -0.617. The van der Waals surface area contributed by atoms with Crippen LogP contribution in [0.5, 0.6) is 0 Å². The van der Waals surface area contributed by atoms with Crippen molar-refractivity contribution in [3.8, 4) is 0 Å². The minimum absolute atomic E-state index is 0.0631. The van der Waals surface area contributed by atoms with E-state index in [1.165, 1.54) is 0 Å². The van der Waals surface area contributed by atoms with Crippen LogP contribution in [0.2, 0.25) is 0 Å². The molecule has 0 aliphatic heterocycles.